The lowest BCUT2D eigenvalue weighted by Gasteiger charge is -2.11. The zero-order valence-corrected chi connectivity index (χ0v) is 12.1. The van der Waals surface area contributed by atoms with E-state index >= 15 is 0 Å². The van der Waals surface area contributed by atoms with E-state index < -0.39 is 17.3 Å². The highest BCUT2D eigenvalue weighted by Crippen LogP contribution is 2.38. The minimum absolute atomic E-state index is 0.0568. The van der Waals surface area contributed by atoms with Gasteiger partial charge in [-0.3, -0.25) is 0 Å². The molecule has 116 valence electrons. The van der Waals surface area contributed by atoms with E-state index in [-0.39, 0.29) is 28.0 Å². The van der Waals surface area contributed by atoms with E-state index in [0.29, 0.717) is 0 Å². The quantitative estimate of drug-likeness (QED) is 0.591. The molecular formula is C17H12O6. The van der Waals surface area contributed by atoms with Gasteiger partial charge in [0.1, 0.15) is 16.7 Å². The third kappa shape index (κ3) is 2.62. The fourth-order valence-electron chi connectivity index (χ4n) is 2.19. The molecule has 1 heterocycles. The lowest BCUT2D eigenvalue weighted by atomic mass is 10.2. The van der Waals surface area contributed by atoms with Gasteiger partial charge in [-0.1, -0.05) is 24.3 Å². The highest BCUT2D eigenvalue weighted by atomic mass is 16.6. The van der Waals surface area contributed by atoms with Crippen LogP contribution in [0.15, 0.2) is 57.7 Å². The summed E-state index contributed by atoms with van der Waals surface area (Å²) in [5.74, 6) is -1.35. The van der Waals surface area contributed by atoms with Crippen LogP contribution in [0, 0.1) is 0 Å². The summed E-state index contributed by atoms with van der Waals surface area (Å²) in [5.41, 5.74) is -0.470. The number of ether oxygens (including phenoxy) is 2. The summed E-state index contributed by atoms with van der Waals surface area (Å²) in [6.07, 6.45) is 0. The molecule has 2 aromatic carbocycles. The summed E-state index contributed by atoms with van der Waals surface area (Å²) in [7, 11) is 1.31. The largest absolute Gasteiger partial charge is 0.507 e. The number of methoxy groups -OCH3 is 1. The molecule has 0 aliphatic carbocycles. The predicted octanol–water partition coefficient (Wildman–Crippen LogP) is 2.73. The molecule has 0 aliphatic heterocycles. The van der Waals surface area contributed by atoms with Gasteiger partial charge in [-0.25, -0.2) is 9.59 Å². The van der Waals surface area contributed by atoms with Crippen LogP contribution in [0.2, 0.25) is 0 Å². The summed E-state index contributed by atoms with van der Waals surface area (Å²) >= 11 is 0. The number of hydrogen-bond acceptors (Lipinski definition) is 6. The van der Waals surface area contributed by atoms with Gasteiger partial charge in [0.25, 0.3) is 5.75 Å². The zero-order valence-electron chi connectivity index (χ0n) is 12.1. The minimum atomic E-state index is -0.871. The first-order valence-corrected chi connectivity index (χ1v) is 6.72. The van der Waals surface area contributed by atoms with Gasteiger partial charge in [0.2, 0.25) is 0 Å². The number of benzene rings is 2. The molecule has 0 saturated carbocycles. The second kappa shape index (κ2) is 5.84. The fraction of sp³-hybridized carbons (Fsp3) is 0.0588. The van der Waals surface area contributed by atoms with Gasteiger partial charge in [0, 0.05) is 0 Å². The Morgan fingerprint density at radius 2 is 1.78 bits per heavy atom. The van der Waals surface area contributed by atoms with Gasteiger partial charge in [-0.15, -0.1) is 0 Å². The summed E-state index contributed by atoms with van der Waals surface area (Å²) < 4.78 is 15.4. The molecule has 0 radical (unpaired) electrons. The normalized spacial score (nSPS) is 10.5. The molecule has 0 aliphatic rings. The molecular weight excluding hydrogens is 300 g/mol. The predicted molar refractivity (Wildman–Crippen MR) is 82.1 cm³/mol. The van der Waals surface area contributed by atoms with Crippen molar-refractivity contribution in [2.24, 2.45) is 0 Å². The number of aromatic hydroxyl groups is 1. The minimum Gasteiger partial charge on any atom is -0.507 e. The Kier molecular flexibility index (Phi) is 3.72. The third-order valence-corrected chi connectivity index (χ3v) is 3.23. The highest BCUT2D eigenvalue weighted by Gasteiger charge is 2.22. The first kappa shape index (κ1) is 14.6. The van der Waals surface area contributed by atoms with Crippen molar-refractivity contribution in [1.82, 2.24) is 0 Å². The van der Waals surface area contributed by atoms with E-state index in [1.807, 2.05) is 0 Å². The lowest BCUT2D eigenvalue weighted by Crippen LogP contribution is -2.15. The van der Waals surface area contributed by atoms with E-state index in [1.54, 1.807) is 30.3 Å². The number of carbonyl (C=O) groups is 1. The number of phenolic OH excluding ortho intramolecular Hbond substituents is 1. The topological polar surface area (TPSA) is 86.0 Å². The first-order chi connectivity index (χ1) is 11.1. The Bertz CT molecular complexity index is 927. The van der Waals surface area contributed by atoms with Gasteiger partial charge in [-0.05, 0) is 24.3 Å². The van der Waals surface area contributed by atoms with Crippen LogP contribution in [-0.4, -0.2) is 18.2 Å². The van der Waals surface area contributed by atoms with Crippen molar-refractivity contribution in [3.8, 4) is 17.2 Å². The van der Waals surface area contributed by atoms with Crippen molar-refractivity contribution < 1.29 is 23.8 Å². The Labute approximate surface area is 130 Å². The fourth-order valence-corrected chi connectivity index (χ4v) is 2.19. The van der Waals surface area contributed by atoms with Crippen LogP contribution in [0.5, 0.6) is 17.2 Å². The van der Waals surface area contributed by atoms with E-state index in [4.69, 9.17) is 13.9 Å². The molecule has 0 bridgehead atoms. The molecule has 0 spiro atoms. The Balaban J connectivity index is 2.14. The third-order valence-electron chi connectivity index (χ3n) is 3.23. The van der Waals surface area contributed by atoms with Crippen molar-refractivity contribution in [3.05, 3.63) is 64.5 Å². The number of fused-ring (bicyclic) bond motifs is 1. The monoisotopic (exact) mass is 312 g/mol. The summed E-state index contributed by atoms with van der Waals surface area (Å²) in [6, 6.07) is 12.6. The van der Waals surface area contributed by atoms with Gasteiger partial charge >= 0.3 is 11.6 Å². The number of carbonyl (C=O) groups excluding carboxylic acids is 1. The maximum atomic E-state index is 12.1. The molecule has 1 N–H and O–H groups in total. The van der Waals surface area contributed by atoms with Crippen LogP contribution in [0.25, 0.3) is 11.0 Å². The maximum absolute atomic E-state index is 12.1. The van der Waals surface area contributed by atoms with Crippen molar-refractivity contribution >= 4 is 16.9 Å². The Morgan fingerprint density at radius 1 is 1.04 bits per heavy atom. The number of phenols is 1. The van der Waals surface area contributed by atoms with E-state index in [9.17, 15) is 14.7 Å². The standard InChI is InChI=1S/C17H12O6/c1-21-14-13-11(18)8-5-9-12(13)22-17(20)15(14)23-16(19)10-6-3-2-4-7-10/h2-9,18H,1H3. The molecule has 0 atom stereocenters. The first-order valence-electron chi connectivity index (χ1n) is 6.72. The van der Waals surface area contributed by atoms with Crippen LogP contribution in [0.1, 0.15) is 10.4 Å². The van der Waals surface area contributed by atoms with Crippen molar-refractivity contribution in [3.63, 3.8) is 0 Å². The average Bonchev–Trinajstić information content (AvgIpc) is 2.56. The number of esters is 1. The smallest absolute Gasteiger partial charge is 0.383 e. The molecule has 0 amide bonds. The van der Waals surface area contributed by atoms with Crippen LogP contribution >= 0.6 is 0 Å². The van der Waals surface area contributed by atoms with Crippen molar-refractivity contribution in [2.75, 3.05) is 7.11 Å². The van der Waals surface area contributed by atoms with E-state index in [0.717, 1.165) is 0 Å². The van der Waals surface area contributed by atoms with Gasteiger partial charge in [0.15, 0.2) is 5.75 Å². The molecule has 1 aromatic heterocycles. The van der Waals surface area contributed by atoms with Crippen LogP contribution < -0.4 is 15.1 Å². The SMILES string of the molecule is COc1c(OC(=O)c2ccccc2)c(=O)oc2cccc(O)c12. The Morgan fingerprint density at radius 3 is 2.48 bits per heavy atom. The Hall–Kier alpha value is -3.28. The molecule has 6 nitrogen and oxygen atoms in total. The molecule has 3 aromatic rings. The van der Waals surface area contributed by atoms with Gasteiger partial charge in [0.05, 0.1) is 12.7 Å². The average molecular weight is 312 g/mol. The molecule has 3 rings (SSSR count). The van der Waals surface area contributed by atoms with Crippen molar-refractivity contribution in [2.45, 2.75) is 0 Å². The van der Waals surface area contributed by atoms with Crippen LogP contribution in [-0.2, 0) is 0 Å². The summed E-state index contributed by atoms with van der Waals surface area (Å²) in [5, 5.41) is 10.1. The molecule has 0 unspecified atom stereocenters. The number of hydrogen-bond donors (Lipinski definition) is 1. The van der Waals surface area contributed by atoms with Gasteiger partial charge < -0.3 is 19.0 Å². The van der Waals surface area contributed by atoms with E-state index in [1.165, 1.54) is 25.3 Å². The molecule has 0 saturated heterocycles. The summed E-state index contributed by atoms with van der Waals surface area (Å²) in [4.78, 5) is 24.2. The summed E-state index contributed by atoms with van der Waals surface area (Å²) in [6.45, 7) is 0. The lowest BCUT2D eigenvalue weighted by molar-refractivity contribution is 0.0723. The van der Waals surface area contributed by atoms with Gasteiger partial charge in [-0.2, -0.15) is 0 Å². The van der Waals surface area contributed by atoms with Crippen LogP contribution in [0.4, 0.5) is 0 Å². The number of rotatable bonds is 3. The maximum Gasteiger partial charge on any atom is 0.383 e. The highest BCUT2D eigenvalue weighted by molar-refractivity contribution is 5.94. The van der Waals surface area contributed by atoms with Crippen LogP contribution in [0.3, 0.4) is 0 Å². The molecule has 23 heavy (non-hydrogen) atoms. The zero-order chi connectivity index (χ0) is 16.4. The molecule has 6 heteroatoms. The second-order valence-electron chi connectivity index (χ2n) is 4.66. The molecule has 0 fully saturated rings. The van der Waals surface area contributed by atoms with E-state index in [2.05, 4.69) is 0 Å². The second-order valence-corrected chi connectivity index (χ2v) is 4.66. The van der Waals surface area contributed by atoms with Crippen molar-refractivity contribution in [1.29, 1.82) is 0 Å².